The second-order valence-corrected chi connectivity index (χ2v) is 6.69. The Morgan fingerprint density at radius 3 is 2.86 bits per heavy atom. The van der Waals surface area contributed by atoms with E-state index in [0.29, 0.717) is 15.8 Å². The fourth-order valence-corrected chi connectivity index (χ4v) is 3.65. The molecule has 1 aromatic rings. The van der Waals surface area contributed by atoms with E-state index in [9.17, 15) is 9.90 Å². The summed E-state index contributed by atoms with van der Waals surface area (Å²) in [5.74, 6) is 0.145. The maximum atomic E-state index is 12.4. The van der Waals surface area contributed by atoms with Crippen LogP contribution in [0.4, 0.5) is 0 Å². The number of amides is 1. The van der Waals surface area contributed by atoms with Crippen LogP contribution in [-0.4, -0.2) is 39.5 Å². The minimum absolute atomic E-state index is 0.0615. The van der Waals surface area contributed by atoms with Crippen molar-refractivity contribution in [2.24, 2.45) is 0 Å². The molecule has 1 amide bonds. The van der Waals surface area contributed by atoms with Gasteiger partial charge < -0.3 is 9.84 Å². The van der Waals surface area contributed by atoms with Crippen molar-refractivity contribution < 1.29 is 14.6 Å². The van der Waals surface area contributed by atoms with Gasteiger partial charge in [-0.05, 0) is 36.6 Å². The van der Waals surface area contributed by atoms with Gasteiger partial charge in [0.05, 0.1) is 17.6 Å². The second-order valence-electron chi connectivity index (χ2n) is 5.02. The number of ether oxygens (including phenoxy) is 1. The van der Waals surface area contributed by atoms with Crippen molar-refractivity contribution in [2.75, 3.05) is 13.2 Å². The highest BCUT2D eigenvalue weighted by molar-refractivity contribution is 8.26. The Bertz CT molecular complexity index is 591. The van der Waals surface area contributed by atoms with Crippen LogP contribution in [0.15, 0.2) is 29.2 Å². The van der Waals surface area contributed by atoms with E-state index in [-0.39, 0.29) is 17.8 Å². The Balaban J connectivity index is 1.74. The zero-order valence-electron chi connectivity index (χ0n) is 11.3. The predicted molar refractivity (Wildman–Crippen MR) is 87.0 cm³/mol. The molecule has 0 aromatic heterocycles. The SMILES string of the molecule is O=C1/C(=C\c2ccc(O)cc2)SC(=S)N1C[C@H]1CCCO1. The molecular weight excluding hydrogens is 306 g/mol. The van der Waals surface area contributed by atoms with Crippen molar-refractivity contribution in [2.45, 2.75) is 18.9 Å². The average molecular weight is 321 g/mol. The van der Waals surface area contributed by atoms with Crippen molar-refractivity contribution in [3.05, 3.63) is 34.7 Å². The molecule has 2 aliphatic rings. The van der Waals surface area contributed by atoms with Gasteiger partial charge in [0.15, 0.2) is 0 Å². The zero-order chi connectivity index (χ0) is 14.8. The number of phenols is 1. The number of nitrogens with zero attached hydrogens (tertiary/aromatic N) is 1. The van der Waals surface area contributed by atoms with Gasteiger partial charge >= 0.3 is 0 Å². The van der Waals surface area contributed by atoms with Gasteiger partial charge in [0, 0.05) is 6.61 Å². The maximum Gasteiger partial charge on any atom is 0.266 e. The molecule has 6 heteroatoms. The lowest BCUT2D eigenvalue weighted by atomic mass is 10.2. The normalized spacial score (nSPS) is 24.3. The summed E-state index contributed by atoms with van der Waals surface area (Å²) in [6.07, 6.45) is 3.92. The lowest BCUT2D eigenvalue weighted by Gasteiger charge is -2.18. The highest BCUT2D eigenvalue weighted by atomic mass is 32.2. The largest absolute Gasteiger partial charge is 0.508 e. The van der Waals surface area contributed by atoms with Crippen LogP contribution in [0.1, 0.15) is 18.4 Å². The molecule has 0 spiro atoms. The number of hydrogen-bond acceptors (Lipinski definition) is 5. The van der Waals surface area contributed by atoms with Crippen molar-refractivity contribution in [1.82, 2.24) is 4.90 Å². The summed E-state index contributed by atoms with van der Waals surface area (Å²) in [5.41, 5.74) is 0.866. The van der Waals surface area contributed by atoms with Crippen LogP contribution in [0, 0.1) is 0 Å². The van der Waals surface area contributed by atoms with E-state index >= 15 is 0 Å². The fraction of sp³-hybridized carbons (Fsp3) is 0.333. The molecule has 4 nitrogen and oxygen atoms in total. The fourth-order valence-electron chi connectivity index (χ4n) is 2.37. The molecule has 1 N–H and O–H groups in total. The highest BCUT2D eigenvalue weighted by Gasteiger charge is 2.34. The van der Waals surface area contributed by atoms with Crippen LogP contribution in [0.2, 0.25) is 0 Å². The van der Waals surface area contributed by atoms with E-state index in [1.807, 2.05) is 0 Å². The van der Waals surface area contributed by atoms with Crippen LogP contribution in [0.25, 0.3) is 6.08 Å². The Morgan fingerprint density at radius 2 is 2.19 bits per heavy atom. The van der Waals surface area contributed by atoms with Crippen LogP contribution >= 0.6 is 24.0 Å². The standard InChI is InChI=1S/C15H15NO3S2/c17-11-5-3-10(4-6-11)8-13-14(18)16(15(20)21-13)9-12-2-1-7-19-12/h3-6,8,12,17H,1-2,7,9H2/b13-8+/t12-/m1/s1. The number of thioether (sulfide) groups is 1. The van der Waals surface area contributed by atoms with Gasteiger partial charge in [-0.25, -0.2) is 0 Å². The van der Waals surface area contributed by atoms with Crippen molar-refractivity contribution >= 4 is 40.3 Å². The monoisotopic (exact) mass is 321 g/mol. The third kappa shape index (κ3) is 3.28. The minimum atomic E-state index is -0.0615. The van der Waals surface area contributed by atoms with Crippen LogP contribution in [0.3, 0.4) is 0 Å². The molecule has 0 radical (unpaired) electrons. The van der Waals surface area contributed by atoms with Crippen molar-refractivity contribution in [3.8, 4) is 5.75 Å². The molecule has 110 valence electrons. The van der Waals surface area contributed by atoms with Gasteiger partial charge in [0.2, 0.25) is 0 Å². The van der Waals surface area contributed by atoms with Crippen LogP contribution < -0.4 is 0 Å². The first kappa shape index (κ1) is 14.6. The van der Waals surface area contributed by atoms with Crippen LogP contribution in [-0.2, 0) is 9.53 Å². The second kappa shape index (κ2) is 6.17. The Kier molecular flexibility index (Phi) is 4.28. The van der Waals surface area contributed by atoms with Gasteiger partial charge in [-0.1, -0.05) is 36.1 Å². The van der Waals surface area contributed by atoms with E-state index in [1.54, 1.807) is 35.2 Å². The van der Waals surface area contributed by atoms with Gasteiger partial charge in [-0.2, -0.15) is 0 Å². The number of aromatic hydroxyl groups is 1. The first-order valence-electron chi connectivity index (χ1n) is 6.79. The summed E-state index contributed by atoms with van der Waals surface area (Å²) in [7, 11) is 0. The van der Waals surface area contributed by atoms with Crippen molar-refractivity contribution in [3.63, 3.8) is 0 Å². The number of benzene rings is 1. The maximum absolute atomic E-state index is 12.4. The predicted octanol–water partition coefficient (Wildman–Crippen LogP) is 2.77. The molecule has 2 saturated heterocycles. The molecule has 21 heavy (non-hydrogen) atoms. The Morgan fingerprint density at radius 1 is 1.43 bits per heavy atom. The lowest BCUT2D eigenvalue weighted by molar-refractivity contribution is -0.123. The molecule has 2 fully saturated rings. The van der Waals surface area contributed by atoms with Crippen LogP contribution in [0.5, 0.6) is 5.75 Å². The number of rotatable bonds is 3. The van der Waals surface area contributed by atoms with Gasteiger partial charge in [-0.3, -0.25) is 9.69 Å². The first-order chi connectivity index (χ1) is 10.1. The Labute approximate surface area is 132 Å². The summed E-state index contributed by atoms with van der Waals surface area (Å²) < 4.78 is 6.15. The molecule has 0 saturated carbocycles. The zero-order valence-corrected chi connectivity index (χ0v) is 13.0. The van der Waals surface area contributed by atoms with Crippen molar-refractivity contribution in [1.29, 1.82) is 0 Å². The van der Waals surface area contributed by atoms with Gasteiger partial charge in [0.1, 0.15) is 10.1 Å². The number of carbonyl (C=O) groups is 1. The molecule has 0 unspecified atom stereocenters. The number of thiocarbonyl (C=S) groups is 1. The van der Waals surface area contributed by atoms with E-state index in [2.05, 4.69) is 0 Å². The summed E-state index contributed by atoms with van der Waals surface area (Å²) in [6.45, 7) is 1.31. The summed E-state index contributed by atoms with van der Waals surface area (Å²) >= 11 is 6.61. The first-order valence-corrected chi connectivity index (χ1v) is 8.02. The average Bonchev–Trinajstić information content (AvgIpc) is 3.06. The van der Waals surface area contributed by atoms with E-state index in [1.165, 1.54) is 11.8 Å². The molecule has 2 aliphatic heterocycles. The molecule has 1 aromatic carbocycles. The molecule has 3 rings (SSSR count). The number of phenolic OH excluding ortho intramolecular Hbond substituents is 1. The smallest absolute Gasteiger partial charge is 0.266 e. The molecule has 2 heterocycles. The Hall–Kier alpha value is -1.37. The molecule has 0 aliphatic carbocycles. The molecule has 1 atom stereocenters. The third-order valence-corrected chi connectivity index (χ3v) is 4.85. The summed E-state index contributed by atoms with van der Waals surface area (Å²) in [6, 6.07) is 6.72. The third-order valence-electron chi connectivity index (χ3n) is 3.47. The topological polar surface area (TPSA) is 49.8 Å². The summed E-state index contributed by atoms with van der Waals surface area (Å²) in [5, 5.41) is 9.28. The van der Waals surface area contributed by atoms with E-state index < -0.39 is 0 Å². The number of hydrogen-bond donors (Lipinski definition) is 1. The van der Waals surface area contributed by atoms with E-state index in [4.69, 9.17) is 17.0 Å². The number of carbonyl (C=O) groups excluding carboxylic acids is 1. The summed E-state index contributed by atoms with van der Waals surface area (Å²) in [4.78, 5) is 14.7. The van der Waals surface area contributed by atoms with E-state index in [0.717, 1.165) is 25.0 Å². The van der Waals surface area contributed by atoms with Gasteiger partial charge in [0.25, 0.3) is 5.91 Å². The molecular formula is C15H15NO3S2. The highest BCUT2D eigenvalue weighted by Crippen LogP contribution is 2.33. The minimum Gasteiger partial charge on any atom is -0.508 e. The lowest BCUT2D eigenvalue weighted by Crippen LogP contribution is -2.35. The molecule has 0 bridgehead atoms. The van der Waals surface area contributed by atoms with Gasteiger partial charge in [-0.15, -0.1) is 0 Å². The quantitative estimate of drug-likeness (QED) is 0.685.